The van der Waals surface area contributed by atoms with Gasteiger partial charge in [-0.1, -0.05) is 6.92 Å². The molecular weight excluding hydrogens is 214 g/mol. The lowest BCUT2D eigenvalue weighted by Gasteiger charge is -2.35. The molecule has 0 aromatic rings. The van der Waals surface area contributed by atoms with Gasteiger partial charge in [-0.05, 0) is 5.92 Å². The van der Waals surface area contributed by atoms with Crippen LogP contribution in [0.5, 0.6) is 0 Å². The highest BCUT2D eigenvalue weighted by Gasteiger charge is 2.25. The highest BCUT2D eigenvalue weighted by Crippen LogP contribution is 2.20. The van der Waals surface area contributed by atoms with Crippen LogP contribution < -0.4 is 0 Å². The van der Waals surface area contributed by atoms with Gasteiger partial charge in [0, 0.05) is 37.2 Å². The molecule has 0 aromatic heterocycles. The van der Waals surface area contributed by atoms with Crippen molar-refractivity contribution >= 4 is 17.7 Å². The van der Waals surface area contributed by atoms with Gasteiger partial charge in [0.15, 0.2) is 0 Å². The third-order valence-corrected chi connectivity index (χ3v) is 3.71. The third-order valence-electron chi connectivity index (χ3n) is 2.62. The first kappa shape index (κ1) is 12.8. The van der Waals surface area contributed by atoms with Gasteiger partial charge in [0.2, 0.25) is 0 Å². The van der Waals surface area contributed by atoms with Crippen molar-refractivity contribution in [3.8, 4) is 0 Å². The van der Waals surface area contributed by atoms with Gasteiger partial charge in [0.05, 0.1) is 6.42 Å². The number of carboxylic acid groups (broad SMARTS) is 1. The Labute approximate surface area is 94.7 Å². The van der Waals surface area contributed by atoms with E-state index in [0.717, 1.165) is 24.6 Å². The van der Waals surface area contributed by atoms with Gasteiger partial charge in [-0.3, -0.25) is 9.69 Å². The Morgan fingerprint density at radius 2 is 2.40 bits per heavy atom. The van der Waals surface area contributed by atoms with E-state index in [-0.39, 0.29) is 25.0 Å². The summed E-state index contributed by atoms with van der Waals surface area (Å²) in [6.45, 7) is 3.89. The topological polar surface area (TPSA) is 60.8 Å². The van der Waals surface area contributed by atoms with Gasteiger partial charge in [0.25, 0.3) is 0 Å². The first-order valence-corrected chi connectivity index (χ1v) is 6.43. The van der Waals surface area contributed by atoms with Gasteiger partial charge in [0.1, 0.15) is 0 Å². The number of nitrogens with zero attached hydrogens (tertiary/aromatic N) is 1. The van der Waals surface area contributed by atoms with E-state index in [1.807, 2.05) is 18.7 Å². The molecule has 1 saturated heterocycles. The summed E-state index contributed by atoms with van der Waals surface area (Å²) in [5.41, 5.74) is 0. The van der Waals surface area contributed by atoms with Gasteiger partial charge in [-0.15, -0.1) is 0 Å². The average molecular weight is 233 g/mol. The summed E-state index contributed by atoms with van der Waals surface area (Å²) in [6, 6.07) is 0.134. The summed E-state index contributed by atoms with van der Waals surface area (Å²) in [7, 11) is 0. The van der Waals surface area contributed by atoms with E-state index in [1.165, 1.54) is 0 Å². The molecule has 1 heterocycles. The van der Waals surface area contributed by atoms with Crippen LogP contribution in [-0.4, -0.2) is 58.3 Å². The number of aliphatic hydroxyl groups is 1. The normalized spacial score (nSPS) is 25.1. The van der Waals surface area contributed by atoms with Crippen molar-refractivity contribution in [3.05, 3.63) is 0 Å². The lowest BCUT2D eigenvalue weighted by Crippen LogP contribution is -2.45. The molecule has 0 aliphatic carbocycles. The van der Waals surface area contributed by atoms with E-state index in [1.54, 1.807) is 0 Å². The maximum Gasteiger partial charge on any atom is 0.304 e. The molecule has 0 radical (unpaired) electrons. The van der Waals surface area contributed by atoms with Crippen molar-refractivity contribution in [3.63, 3.8) is 0 Å². The van der Waals surface area contributed by atoms with Crippen molar-refractivity contribution in [2.45, 2.75) is 19.4 Å². The minimum Gasteiger partial charge on any atom is -0.481 e. The second-order valence-corrected chi connectivity index (χ2v) is 5.26. The number of rotatable bonds is 5. The minimum atomic E-state index is -0.732. The molecule has 0 amide bonds. The van der Waals surface area contributed by atoms with Crippen molar-refractivity contribution in [2.24, 2.45) is 5.92 Å². The zero-order valence-corrected chi connectivity index (χ0v) is 9.87. The van der Waals surface area contributed by atoms with Crippen molar-refractivity contribution < 1.29 is 15.0 Å². The second kappa shape index (κ2) is 6.35. The number of carboxylic acids is 1. The highest BCUT2D eigenvalue weighted by molar-refractivity contribution is 7.99. The molecule has 1 aliphatic heterocycles. The monoisotopic (exact) mass is 233 g/mol. The van der Waals surface area contributed by atoms with Crippen LogP contribution in [0, 0.1) is 5.92 Å². The third kappa shape index (κ3) is 4.40. The number of aliphatic hydroxyl groups excluding tert-OH is 1. The fourth-order valence-electron chi connectivity index (χ4n) is 1.78. The molecule has 0 bridgehead atoms. The Morgan fingerprint density at radius 3 is 3.00 bits per heavy atom. The Morgan fingerprint density at radius 1 is 1.67 bits per heavy atom. The zero-order chi connectivity index (χ0) is 11.3. The molecule has 15 heavy (non-hydrogen) atoms. The predicted octanol–water partition coefficient (Wildman–Crippen LogP) is 0.507. The highest BCUT2D eigenvalue weighted by atomic mass is 32.2. The standard InChI is InChI=1S/C10H19NO3S/c1-8(6-12)5-11-2-3-15-7-9(11)4-10(13)14/h8-9,12H,2-7H2,1H3,(H,13,14). The Hall–Kier alpha value is -0.260. The smallest absolute Gasteiger partial charge is 0.304 e. The summed E-state index contributed by atoms with van der Waals surface area (Å²) in [5, 5.41) is 17.8. The molecule has 1 aliphatic rings. The minimum absolute atomic E-state index is 0.134. The SMILES string of the molecule is CC(CO)CN1CCSCC1CC(=O)O. The van der Waals surface area contributed by atoms with E-state index in [0.29, 0.717) is 0 Å². The fourth-order valence-corrected chi connectivity index (χ4v) is 2.91. The molecule has 2 N–H and O–H groups in total. The molecule has 4 nitrogen and oxygen atoms in total. The quantitative estimate of drug-likeness (QED) is 0.724. The maximum absolute atomic E-state index is 10.7. The predicted molar refractivity (Wildman–Crippen MR) is 61.2 cm³/mol. The number of aliphatic carboxylic acids is 1. The number of hydrogen-bond acceptors (Lipinski definition) is 4. The summed E-state index contributed by atoms with van der Waals surface area (Å²) >= 11 is 1.82. The summed E-state index contributed by atoms with van der Waals surface area (Å²) in [5.74, 6) is 1.45. The molecule has 2 unspecified atom stereocenters. The Kier molecular flexibility index (Phi) is 5.42. The first-order chi connectivity index (χ1) is 7.13. The maximum atomic E-state index is 10.7. The second-order valence-electron chi connectivity index (χ2n) is 4.11. The van der Waals surface area contributed by atoms with Crippen LogP contribution in [-0.2, 0) is 4.79 Å². The Bertz CT molecular complexity index is 213. The summed E-state index contributed by atoms with van der Waals surface area (Å²) < 4.78 is 0. The number of hydrogen-bond donors (Lipinski definition) is 2. The van der Waals surface area contributed by atoms with Crippen LogP contribution in [0.2, 0.25) is 0 Å². The van der Waals surface area contributed by atoms with Gasteiger partial charge in [-0.2, -0.15) is 11.8 Å². The van der Waals surface area contributed by atoms with Crippen LogP contribution in [0.25, 0.3) is 0 Å². The van der Waals surface area contributed by atoms with Crippen LogP contribution in [0.4, 0.5) is 0 Å². The zero-order valence-electron chi connectivity index (χ0n) is 9.06. The molecule has 0 aromatic carbocycles. The first-order valence-electron chi connectivity index (χ1n) is 5.28. The number of carbonyl (C=O) groups is 1. The average Bonchev–Trinajstić information content (AvgIpc) is 2.20. The molecule has 1 rings (SSSR count). The lowest BCUT2D eigenvalue weighted by atomic mass is 10.1. The van der Waals surface area contributed by atoms with E-state index in [9.17, 15) is 4.79 Å². The Balaban J connectivity index is 2.45. The van der Waals surface area contributed by atoms with E-state index in [2.05, 4.69) is 4.90 Å². The molecule has 1 fully saturated rings. The molecule has 0 saturated carbocycles. The van der Waals surface area contributed by atoms with Crippen molar-refractivity contribution in [1.29, 1.82) is 0 Å². The van der Waals surface area contributed by atoms with Crippen LogP contribution >= 0.6 is 11.8 Å². The van der Waals surface area contributed by atoms with Gasteiger partial charge >= 0.3 is 5.97 Å². The molecular formula is C10H19NO3S. The van der Waals surface area contributed by atoms with E-state index in [4.69, 9.17) is 10.2 Å². The van der Waals surface area contributed by atoms with E-state index < -0.39 is 5.97 Å². The lowest BCUT2D eigenvalue weighted by molar-refractivity contribution is -0.138. The van der Waals surface area contributed by atoms with Gasteiger partial charge in [-0.25, -0.2) is 0 Å². The molecule has 2 atom stereocenters. The van der Waals surface area contributed by atoms with Crippen LogP contribution in [0.3, 0.4) is 0 Å². The molecule has 88 valence electrons. The number of thioether (sulfide) groups is 1. The fraction of sp³-hybridized carbons (Fsp3) is 0.900. The van der Waals surface area contributed by atoms with Crippen molar-refractivity contribution in [2.75, 3.05) is 31.2 Å². The molecule has 0 spiro atoms. The molecule has 5 heteroatoms. The van der Waals surface area contributed by atoms with Crippen LogP contribution in [0.1, 0.15) is 13.3 Å². The summed E-state index contributed by atoms with van der Waals surface area (Å²) in [4.78, 5) is 12.9. The van der Waals surface area contributed by atoms with Crippen LogP contribution in [0.15, 0.2) is 0 Å². The van der Waals surface area contributed by atoms with E-state index >= 15 is 0 Å². The van der Waals surface area contributed by atoms with Crippen molar-refractivity contribution in [1.82, 2.24) is 4.90 Å². The van der Waals surface area contributed by atoms with Gasteiger partial charge < -0.3 is 10.2 Å². The summed E-state index contributed by atoms with van der Waals surface area (Å²) in [6.07, 6.45) is 0.213. The largest absolute Gasteiger partial charge is 0.481 e.